The quantitative estimate of drug-likeness (QED) is 0.532. The fraction of sp³-hybridized carbons (Fsp3) is 0.444. The smallest absolute Gasteiger partial charge is 0.243 e. The third-order valence-electron chi connectivity index (χ3n) is 7.36. The van der Waals surface area contributed by atoms with E-state index in [4.69, 9.17) is 4.42 Å². The zero-order chi connectivity index (χ0) is 24.3. The summed E-state index contributed by atoms with van der Waals surface area (Å²) < 4.78 is 33.7. The number of amides is 1. The highest BCUT2D eigenvalue weighted by molar-refractivity contribution is 7.89. The van der Waals surface area contributed by atoms with Crippen LogP contribution in [-0.4, -0.2) is 56.3 Å². The summed E-state index contributed by atoms with van der Waals surface area (Å²) in [6.45, 7) is 3.21. The van der Waals surface area contributed by atoms with Crippen molar-refractivity contribution in [2.24, 2.45) is 5.92 Å². The van der Waals surface area contributed by atoms with Gasteiger partial charge in [0.05, 0.1) is 17.2 Å². The van der Waals surface area contributed by atoms with Gasteiger partial charge in [-0.15, -0.1) is 0 Å². The van der Waals surface area contributed by atoms with E-state index < -0.39 is 10.0 Å². The van der Waals surface area contributed by atoms with Crippen LogP contribution in [0.1, 0.15) is 43.9 Å². The highest BCUT2D eigenvalue weighted by Gasteiger charge is 2.33. The van der Waals surface area contributed by atoms with Gasteiger partial charge in [0.25, 0.3) is 0 Å². The van der Waals surface area contributed by atoms with Crippen molar-refractivity contribution >= 4 is 26.7 Å². The Labute approximate surface area is 207 Å². The predicted molar refractivity (Wildman–Crippen MR) is 135 cm³/mol. The van der Waals surface area contributed by atoms with Gasteiger partial charge in [0.2, 0.25) is 15.9 Å². The van der Waals surface area contributed by atoms with Crippen molar-refractivity contribution in [2.45, 2.75) is 43.0 Å². The first kappa shape index (κ1) is 24.0. The van der Waals surface area contributed by atoms with E-state index >= 15 is 0 Å². The summed E-state index contributed by atoms with van der Waals surface area (Å²) in [6.07, 6.45) is 6.29. The fourth-order valence-corrected chi connectivity index (χ4v) is 6.80. The van der Waals surface area contributed by atoms with Crippen LogP contribution in [0.2, 0.25) is 0 Å². The Bertz CT molecular complexity index is 1240. The largest absolute Gasteiger partial charge is 0.468 e. The molecule has 2 aliphatic heterocycles. The Morgan fingerprint density at radius 1 is 0.943 bits per heavy atom. The normalized spacial score (nSPS) is 19.5. The van der Waals surface area contributed by atoms with E-state index in [1.807, 2.05) is 42.5 Å². The van der Waals surface area contributed by atoms with Crippen molar-refractivity contribution in [2.75, 3.05) is 32.7 Å². The number of carbonyl (C=O) groups is 1. The summed E-state index contributed by atoms with van der Waals surface area (Å²) in [5, 5.41) is 5.05. The van der Waals surface area contributed by atoms with E-state index in [-0.39, 0.29) is 17.9 Å². The molecule has 2 fully saturated rings. The van der Waals surface area contributed by atoms with E-state index in [2.05, 4.69) is 10.2 Å². The molecule has 1 aromatic heterocycles. The minimum Gasteiger partial charge on any atom is -0.468 e. The van der Waals surface area contributed by atoms with E-state index in [0.29, 0.717) is 37.4 Å². The summed E-state index contributed by atoms with van der Waals surface area (Å²) in [4.78, 5) is 15.7. The van der Waals surface area contributed by atoms with E-state index in [9.17, 15) is 13.2 Å². The Morgan fingerprint density at radius 2 is 1.69 bits per heavy atom. The number of hydrogen-bond acceptors (Lipinski definition) is 5. The van der Waals surface area contributed by atoms with Gasteiger partial charge in [0.15, 0.2) is 0 Å². The number of hydrogen-bond donors (Lipinski definition) is 1. The summed E-state index contributed by atoms with van der Waals surface area (Å²) in [6, 6.07) is 16.9. The molecular weight excluding hydrogens is 462 g/mol. The first-order valence-electron chi connectivity index (χ1n) is 12.6. The fourth-order valence-electron chi connectivity index (χ4n) is 5.30. The molecule has 186 valence electrons. The van der Waals surface area contributed by atoms with Crippen LogP contribution in [0, 0.1) is 5.92 Å². The molecule has 0 unspecified atom stereocenters. The molecule has 8 heteroatoms. The van der Waals surface area contributed by atoms with Crippen LogP contribution in [0.3, 0.4) is 0 Å². The monoisotopic (exact) mass is 495 g/mol. The van der Waals surface area contributed by atoms with Crippen molar-refractivity contribution in [3.8, 4) is 0 Å². The molecule has 3 aromatic rings. The zero-order valence-corrected chi connectivity index (χ0v) is 20.8. The van der Waals surface area contributed by atoms with Crippen molar-refractivity contribution in [1.82, 2.24) is 14.5 Å². The van der Waals surface area contributed by atoms with Gasteiger partial charge in [0, 0.05) is 25.6 Å². The average Bonchev–Trinajstić information content (AvgIpc) is 3.44. The molecule has 0 aliphatic carbocycles. The third-order valence-corrected chi connectivity index (χ3v) is 9.25. The number of fused-ring (bicyclic) bond motifs is 1. The van der Waals surface area contributed by atoms with Crippen LogP contribution in [0.5, 0.6) is 0 Å². The Kier molecular flexibility index (Phi) is 7.22. The first-order chi connectivity index (χ1) is 17.0. The second-order valence-corrected chi connectivity index (χ2v) is 11.5. The SMILES string of the molecule is O=C(NC[C@@H](c1ccco1)N1CCCCC1)C1CCN(S(=O)(=O)c2ccc3ccccc3c2)CC1. The van der Waals surface area contributed by atoms with Crippen LogP contribution < -0.4 is 5.32 Å². The van der Waals surface area contributed by atoms with Crippen LogP contribution >= 0.6 is 0 Å². The Hall–Kier alpha value is -2.68. The summed E-state index contributed by atoms with van der Waals surface area (Å²) in [5.74, 6) is 0.696. The van der Waals surface area contributed by atoms with Crippen LogP contribution in [0.4, 0.5) is 0 Å². The molecule has 35 heavy (non-hydrogen) atoms. The standard InChI is InChI=1S/C27H33N3O4S/c31-27(28-20-25(26-9-6-18-34-26)29-14-4-1-5-15-29)22-12-16-30(17-13-22)35(32,33)24-11-10-21-7-2-3-8-23(21)19-24/h2-3,6-11,18-19,22,25H,1,4-5,12-17,20H2,(H,28,31)/t25-/m0/s1. The van der Waals surface area contributed by atoms with Crippen molar-refractivity contribution in [3.05, 3.63) is 66.6 Å². The molecule has 0 radical (unpaired) electrons. The highest BCUT2D eigenvalue weighted by Crippen LogP contribution is 2.28. The van der Waals surface area contributed by atoms with Crippen LogP contribution in [-0.2, 0) is 14.8 Å². The molecule has 0 spiro atoms. The number of rotatable bonds is 7. The first-order valence-corrected chi connectivity index (χ1v) is 14.0. The molecule has 0 bridgehead atoms. The summed E-state index contributed by atoms with van der Waals surface area (Å²) in [7, 11) is -3.59. The lowest BCUT2D eigenvalue weighted by molar-refractivity contribution is -0.126. The maximum atomic E-state index is 13.2. The van der Waals surface area contributed by atoms with Gasteiger partial charge >= 0.3 is 0 Å². The third kappa shape index (κ3) is 5.29. The number of sulfonamides is 1. The number of nitrogens with zero attached hydrogens (tertiary/aromatic N) is 2. The Balaban J connectivity index is 1.19. The lowest BCUT2D eigenvalue weighted by Gasteiger charge is -2.34. The van der Waals surface area contributed by atoms with Gasteiger partial charge in [0.1, 0.15) is 5.76 Å². The van der Waals surface area contributed by atoms with E-state index in [1.54, 1.807) is 18.4 Å². The van der Waals surface area contributed by atoms with Gasteiger partial charge in [-0.3, -0.25) is 9.69 Å². The molecule has 1 atom stereocenters. The molecule has 3 heterocycles. The highest BCUT2D eigenvalue weighted by atomic mass is 32.2. The van der Waals surface area contributed by atoms with Gasteiger partial charge in [-0.25, -0.2) is 8.42 Å². The van der Waals surface area contributed by atoms with Gasteiger partial charge in [-0.2, -0.15) is 4.31 Å². The van der Waals surface area contributed by atoms with Gasteiger partial charge in [-0.1, -0.05) is 36.8 Å². The summed E-state index contributed by atoms with van der Waals surface area (Å²) >= 11 is 0. The predicted octanol–water partition coefficient (Wildman–Crippen LogP) is 4.18. The molecule has 0 saturated carbocycles. The second kappa shape index (κ2) is 10.5. The van der Waals surface area contributed by atoms with E-state index in [0.717, 1.165) is 42.5 Å². The van der Waals surface area contributed by atoms with Crippen molar-refractivity contribution in [3.63, 3.8) is 0 Å². The average molecular weight is 496 g/mol. The molecule has 2 aromatic carbocycles. The maximum Gasteiger partial charge on any atom is 0.243 e. The zero-order valence-electron chi connectivity index (χ0n) is 19.9. The minimum atomic E-state index is -3.59. The number of carbonyl (C=O) groups excluding carboxylic acids is 1. The molecule has 2 aliphatic rings. The lowest BCUT2D eigenvalue weighted by Crippen LogP contribution is -2.45. The van der Waals surface area contributed by atoms with Crippen LogP contribution in [0.25, 0.3) is 10.8 Å². The lowest BCUT2D eigenvalue weighted by atomic mass is 9.97. The summed E-state index contributed by atoms with van der Waals surface area (Å²) in [5.41, 5.74) is 0. The van der Waals surface area contributed by atoms with Crippen LogP contribution in [0.15, 0.2) is 70.2 Å². The van der Waals surface area contributed by atoms with Gasteiger partial charge in [-0.05, 0) is 73.8 Å². The number of furan rings is 1. The van der Waals surface area contributed by atoms with E-state index in [1.165, 1.54) is 10.7 Å². The maximum absolute atomic E-state index is 13.2. The number of likely N-dealkylation sites (tertiary alicyclic amines) is 1. The Morgan fingerprint density at radius 3 is 2.40 bits per heavy atom. The van der Waals surface area contributed by atoms with Gasteiger partial charge < -0.3 is 9.73 Å². The molecule has 5 rings (SSSR count). The van der Waals surface area contributed by atoms with Crippen molar-refractivity contribution in [1.29, 1.82) is 0 Å². The number of benzene rings is 2. The molecule has 7 nitrogen and oxygen atoms in total. The molecule has 2 saturated heterocycles. The minimum absolute atomic E-state index is 0.00122. The molecule has 1 N–H and O–H groups in total. The molecular formula is C27H33N3O4S. The topological polar surface area (TPSA) is 82.9 Å². The van der Waals surface area contributed by atoms with Crippen molar-refractivity contribution < 1.29 is 17.6 Å². The second-order valence-electron chi connectivity index (χ2n) is 9.56. The number of nitrogens with one attached hydrogen (secondary N) is 1. The number of piperidine rings is 2. The molecule has 1 amide bonds.